The van der Waals surface area contributed by atoms with E-state index in [1.54, 1.807) is 0 Å². The maximum Gasteiger partial charge on any atom is 0.0762 e. The van der Waals surface area contributed by atoms with E-state index in [4.69, 9.17) is 0 Å². The number of nitrogens with zero attached hydrogens (tertiary/aromatic N) is 2. The van der Waals surface area contributed by atoms with E-state index in [0.717, 1.165) is 6.54 Å². The fourth-order valence-corrected chi connectivity index (χ4v) is 2.51. The molecule has 0 amide bonds. The molecule has 1 heterocycles. The SMILES string of the molecule is CC1(NCc2ccn(C3CCCC3)n2)CC1. The van der Waals surface area contributed by atoms with Gasteiger partial charge in [-0.1, -0.05) is 12.8 Å². The van der Waals surface area contributed by atoms with Crippen LogP contribution in [0.15, 0.2) is 12.3 Å². The van der Waals surface area contributed by atoms with Crippen LogP contribution >= 0.6 is 0 Å². The van der Waals surface area contributed by atoms with Crippen LogP contribution in [-0.4, -0.2) is 15.3 Å². The highest BCUT2D eigenvalue weighted by atomic mass is 15.3. The summed E-state index contributed by atoms with van der Waals surface area (Å²) in [6, 6.07) is 2.84. The third kappa shape index (κ3) is 2.14. The molecule has 0 atom stereocenters. The molecule has 3 rings (SSSR count). The molecule has 0 saturated heterocycles. The Bertz CT molecular complexity index is 359. The van der Waals surface area contributed by atoms with Gasteiger partial charge in [0.15, 0.2) is 0 Å². The fourth-order valence-electron chi connectivity index (χ4n) is 2.51. The first-order valence-electron chi connectivity index (χ1n) is 6.54. The Hall–Kier alpha value is -0.830. The van der Waals surface area contributed by atoms with Crippen LogP contribution in [0.25, 0.3) is 0 Å². The Morgan fingerprint density at radius 3 is 2.88 bits per heavy atom. The Morgan fingerprint density at radius 2 is 2.19 bits per heavy atom. The maximum atomic E-state index is 4.68. The number of hydrogen-bond donors (Lipinski definition) is 1. The van der Waals surface area contributed by atoms with Crippen LogP contribution in [0.1, 0.15) is 57.2 Å². The number of hydrogen-bond acceptors (Lipinski definition) is 2. The fraction of sp³-hybridized carbons (Fsp3) is 0.769. The van der Waals surface area contributed by atoms with Crippen LogP contribution in [0.2, 0.25) is 0 Å². The van der Waals surface area contributed by atoms with Gasteiger partial charge in [0.05, 0.1) is 11.7 Å². The summed E-state index contributed by atoms with van der Waals surface area (Å²) < 4.78 is 2.18. The summed E-state index contributed by atoms with van der Waals surface area (Å²) in [5.41, 5.74) is 1.61. The molecule has 0 spiro atoms. The third-order valence-electron chi connectivity index (χ3n) is 4.06. The van der Waals surface area contributed by atoms with Gasteiger partial charge >= 0.3 is 0 Å². The van der Waals surface area contributed by atoms with Crippen molar-refractivity contribution < 1.29 is 0 Å². The van der Waals surface area contributed by atoms with Crippen LogP contribution in [-0.2, 0) is 6.54 Å². The first kappa shape index (κ1) is 10.3. The molecule has 2 aliphatic rings. The molecule has 3 nitrogen and oxygen atoms in total. The van der Waals surface area contributed by atoms with Gasteiger partial charge in [0.1, 0.15) is 0 Å². The highest BCUT2D eigenvalue weighted by Gasteiger charge is 2.36. The van der Waals surface area contributed by atoms with Crippen molar-refractivity contribution in [2.75, 3.05) is 0 Å². The molecular weight excluding hydrogens is 198 g/mol. The Labute approximate surface area is 97.2 Å². The molecule has 2 saturated carbocycles. The lowest BCUT2D eigenvalue weighted by Crippen LogP contribution is -2.27. The summed E-state index contributed by atoms with van der Waals surface area (Å²) >= 11 is 0. The van der Waals surface area contributed by atoms with E-state index in [-0.39, 0.29) is 0 Å². The second-order valence-electron chi connectivity index (χ2n) is 5.64. The second-order valence-corrected chi connectivity index (χ2v) is 5.64. The van der Waals surface area contributed by atoms with Crippen LogP contribution < -0.4 is 5.32 Å². The molecule has 16 heavy (non-hydrogen) atoms. The van der Waals surface area contributed by atoms with E-state index in [0.29, 0.717) is 11.6 Å². The molecule has 88 valence electrons. The standard InChI is InChI=1S/C13H21N3/c1-13(7-8-13)14-10-11-6-9-16(15-11)12-4-2-3-5-12/h6,9,12,14H,2-5,7-8,10H2,1H3. The molecular formula is C13H21N3. The lowest BCUT2D eigenvalue weighted by atomic mass is 10.3. The van der Waals surface area contributed by atoms with E-state index < -0.39 is 0 Å². The molecule has 1 aromatic rings. The summed E-state index contributed by atoms with van der Waals surface area (Å²) in [5.74, 6) is 0. The molecule has 2 aliphatic carbocycles. The van der Waals surface area contributed by atoms with Crippen molar-refractivity contribution in [2.45, 2.75) is 63.6 Å². The third-order valence-corrected chi connectivity index (χ3v) is 4.06. The van der Waals surface area contributed by atoms with Crippen molar-refractivity contribution in [3.05, 3.63) is 18.0 Å². The van der Waals surface area contributed by atoms with Crippen LogP contribution in [0, 0.1) is 0 Å². The molecule has 0 aromatic carbocycles. The van der Waals surface area contributed by atoms with E-state index >= 15 is 0 Å². The zero-order valence-electron chi connectivity index (χ0n) is 10.1. The van der Waals surface area contributed by atoms with Gasteiger partial charge in [-0.05, 0) is 38.7 Å². The lowest BCUT2D eigenvalue weighted by Gasteiger charge is -2.10. The minimum absolute atomic E-state index is 0.414. The summed E-state index contributed by atoms with van der Waals surface area (Å²) in [6.45, 7) is 3.22. The van der Waals surface area contributed by atoms with Gasteiger partial charge in [-0.15, -0.1) is 0 Å². The Kier molecular flexibility index (Phi) is 2.51. The molecule has 0 bridgehead atoms. The topological polar surface area (TPSA) is 29.9 Å². The van der Waals surface area contributed by atoms with E-state index in [1.165, 1.54) is 44.2 Å². The molecule has 0 unspecified atom stereocenters. The van der Waals surface area contributed by atoms with Crippen LogP contribution in [0.4, 0.5) is 0 Å². The van der Waals surface area contributed by atoms with Crippen LogP contribution in [0.5, 0.6) is 0 Å². The second kappa shape index (κ2) is 3.88. The van der Waals surface area contributed by atoms with Crippen molar-refractivity contribution >= 4 is 0 Å². The van der Waals surface area contributed by atoms with Gasteiger partial charge in [-0.3, -0.25) is 4.68 Å². The smallest absolute Gasteiger partial charge is 0.0762 e. The lowest BCUT2D eigenvalue weighted by molar-refractivity contribution is 0.456. The Balaban J connectivity index is 1.58. The van der Waals surface area contributed by atoms with Gasteiger partial charge in [0.2, 0.25) is 0 Å². The zero-order chi connectivity index (χ0) is 11.0. The summed E-state index contributed by atoms with van der Waals surface area (Å²) in [4.78, 5) is 0. The maximum absolute atomic E-state index is 4.68. The first-order valence-corrected chi connectivity index (χ1v) is 6.54. The first-order chi connectivity index (χ1) is 7.75. The summed E-state index contributed by atoms with van der Waals surface area (Å²) in [5, 5.41) is 8.25. The average Bonchev–Trinajstić information content (AvgIpc) is 2.81. The van der Waals surface area contributed by atoms with Crippen molar-refractivity contribution in [1.82, 2.24) is 15.1 Å². The minimum atomic E-state index is 0.414. The van der Waals surface area contributed by atoms with E-state index in [1.807, 2.05) is 0 Å². The Morgan fingerprint density at radius 1 is 1.44 bits per heavy atom. The van der Waals surface area contributed by atoms with Crippen molar-refractivity contribution in [3.63, 3.8) is 0 Å². The average molecular weight is 219 g/mol. The van der Waals surface area contributed by atoms with Crippen molar-refractivity contribution in [2.24, 2.45) is 0 Å². The van der Waals surface area contributed by atoms with Gasteiger partial charge in [0.25, 0.3) is 0 Å². The van der Waals surface area contributed by atoms with Gasteiger partial charge in [0, 0.05) is 18.3 Å². The minimum Gasteiger partial charge on any atom is -0.306 e. The highest BCUT2D eigenvalue weighted by molar-refractivity contribution is 5.04. The number of aromatic nitrogens is 2. The summed E-state index contributed by atoms with van der Waals surface area (Å²) in [6.07, 6.45) is 10.2. The molecule has 3 heteroatoms. The van der Waals surface area contributed by atoms with Crippen LogP contribution in [0.3, 0.4) is 0 Å². The number of rotatable bonds is 4. The van der Waals surface area contributed by atoms with E-state index in [9.17, 15) is 0 Å². The van der Waals surface area contributed by atoms with E-state index in [2.05, 4.69) is 34.3 Å². The molecule has 2 fully saturated rings. The largest absolute Gasteiger partial charge is 0.306 e. The van der Waals surface area contributed by atoms with Crippen molar-refractivity contribution in [3.8, 4) is 0 Å². The molecule has 1 N–H and O–H groups in total. The number of nitrogens with one attached hydrogen (secondary N) is 1. The molecule has 1 aromatic heterocycles. The normalized spacial score (nSPS) is 23.8. The molecule has 0 radical (unpaired) electrons. The van der Waals surface area contributed by atoms with Gasteiger partial charge < -0.3 is 5.32 Å². The predicted octanol–water partition coefficient (Wildman–Crippen LogP) is 2.64. The quantitative estimate of drug-likeness (QED) is 0.843. The monoisotopic (exact) mass is 219 g/mol. The zero-order valence-corrected chi connectivity index (χ0v) is 10.1. The predicted molar refractivity (Wildman–Crippen MR) is 64.2 cm³/mol. The molecule has 0 aliphatic heterocycles. The highest BCUT2D eigenvalue weighted by Crippen LogP contribution is 2.34. The van der Waals surface area contributed by atoms with Gasteiger partial charge in [-0.2, -0.15) is 5.10 Å². The van der Waals surface area contributed by atoms with Gasteiger partial charge in [-0.25, -0.2) is 0 Å². The van der Waals surface area contributed by atoms with Crippen molar-refractivity contribution in [1.29, 1.82) is 0 Å². The summed E-state index contributed by atoms with van der Waals surface area (Å²) in [7, 11) is 0.